The van der Waals surface area contributed by atoms with Crippen LogP contribution in [0.3, 0.4) is 0 Å². The molecule has 186 valence electrons. The largest absolute Gasteiger partial charge is 0.493 e. The van der Waals surface area contributed by atoms with Gasteiger partial charge in [0, 0.05) is 40.4 Å². The molecule has 0 bridgehead atoms. The fourth-order valence-electron chi connectivity index (χ4n) is 6.07. The number of esters is 1. The topological polar surface area (TPSA) is 123 Å². The van der Waals surface area contributed by atoms with Crippen LogP contribution in [0.25, 0.3) is 10.9 Å². The zero-order valence-electron chi connectivity index (χ0n) is 20.5. The highest BCUT2D eigenvalue weighted by atomic mass is 16.5. The lowest BCUT2D eigenvalue weighted by molar-refractivity contribution is 0.0598. The third-order valence-electron chi connectivity index (χ3n) is 7.69. The van der Waals surface area contributed by atoms with Crippen molar-refractivity contribution in [3.63, 3.8) is 0 Å². The van der Waals surface area contributed by atoms with Gasteiger partial charge in [-0.05, 0) is 31.4 Å². The molecule has 1 aromatic carbocycles. The van der Waals surface area contributed by atoms with Gasteiger partial charge in [-0.15, -0.1) is 0 Å². The number of piperidine rings is 1. The first-order chi connectivity index (χ1) is 17.3. The number of aromatic amines is 2. The molecule has 1 aliphatic heterocycles. The molecular formula is C26H25N3O7. The Labute approximate surface area is 206 Å². The normalized spacial score (nSPS) is 21.5. The number of allylic oxidation sites excluding steroid dienone is 2. The molecule has 2 atom stereocenters. The molecule has 0 unspecified atom stereocenters. The minimum Gasteiger partial charge on any atom is -0.493 e. The van der Waals surface area contributed by atoms with E-state index in [-0.39, 0.29) is 17.6 Å². The Morgan fingerprint density at radius 2 is 1.81 bits per heavy atom. The number of ketones is 1. The molecule has 3 aromatic rings. The minimum atomic E-state index is -0.552. The van der Waals surface area contributed by atoms with Gasteiger partial charge in [0.15, 0.2) is 11.5 Å². The Hall–Kier alpha value is -4.21. The van der Waals surface area contributed by atoms with Crippen molar-refractivity contribution in [2.24, 2.45) is 5.92 Å². The quantitative estimate of drug-likeness (QED) is 0.526. The number of likely N-dealkylation sites (tertiary alicyclic amines) is 1. The van der Waals surface area contributed by atoms with Crippen LogP contribution in [0.1, 0.15) is 49.0 Å². The number of carbonyl (C=O) groups is 3. The van der Waals surface area contributed by atoms with E-state index in [1.54, 1.807) is 24.0 Å². The van der Waals surface area contributed by atoms with Gasteiger partial charge in [-0.2, -0.15) is 0 Å². The summed E-state index contributed by atoms with van der Waals surface area (Å²) in [5, 5.41) is 0.720. The van der Waals surface area contributed by atoms with Gasteiger partial charge in [0.1, 0.15) is 5.69 Å². The van der Waals surface area contributed by atoms with Crippen molar-refractivity contribution >= 4 is 28.6 Å². The molecule has 10 nitrogen and oxygen atoms in total. The molecule has 1 saturated heterocycles. The summed E-state index contributed by atoms with van der Waals surface area (Å²) in [5.74, 6) is 0.406. The maximum atomic E-state index is 13.8. The van der Waals surface area contributed by atoms with Crippen LogP contribution in [0.15, 0.2) is 23.9 Å². The molecule has 3 aliphatic rings. The second-order valence-electron chi connectivity index (χ2n) is 9.34. The first-order valence-electron chi connectivity index (χ1n) is 11.5. The third-order valence-corrected chi connectivity index (χ3v) is 7.69. The van der Waals surface area contributed by atoms with E-state index in [0.29, 0.717) is 63.2 Å². The van der Waals surface area contributed by atoms with Gasteiger partial charge in [0.2, 0.25) is 11.5 Å². The van der Waals surface area contributed by atoms with E-state index in [1.165, 1.54) is 34.5 Å². The van der Waals surface area contributed by atoms with Crippen molar-refractivity contribution in [3.05, 3.63) is 52.1 Å². The third kappa shape index (κ3) is 2.64. The molecule has 10 heteroatoms. The lowest BCUT2D eigenvalue weighted by atomic mass is 9.82. The van der Waals surface area contributed by atoms with E-state index in [2.05, 4.69) is 9.97 Å². The lowest BCUT2D eigenvalue weighted by Crippen LogP contribution is -2.34. The minimum absolute atomic E-state index is 0.109. The number of nitrogens with one attached hydrogen (secondary N) is 2. The van der Waals surface area contributed by atoms with E-state index in [0.717, 1.165) is 11.8 Å². The number of hydrogen-bond donors (Lipinski definition) is 2. The number of nitrogens with zero attached hydrogens (tertiary/aromatic N) is 1. The van der Waals surface area contributed by atoms with Crippen molar-refractivity contribution in [1.82, 2.24) is 14.9 Å². The second kappa shape index (κ2) is 7.39. The Morgan fingerprint density at radius 3 is 2.47 bits per heavy atom. The highest BCUT2D eigenvalue weighted by Crippen LogP contribution is 2.67. The van der Waals surface area contributed by atoms with Crippen LogP contribution in [0, 0.1) is 12.8 Å². The number of rotatable bonds is 5. The van der Waals surface area contributed by atoms with E-state index >= 15 is 0 Å². The first kappa shape index (κ1) is 22.3. The summed E-state index contributed by atoms with van der Waals surface area (Å²) < 4.78 is 21.5. The van der Waals surface area contributed by atoms with Crippen LogP contribution < -0.4 is 14.2 Å². The van der Waals surface area contributed by atoms with E-state index in [4.69, 9.17) is 18.9 Å². The predicted octanol–water partition coefficient (Wildman–Crippen LogP) is 3.11. The molecule has 3 heterocycles. The number of aromatic nitrogens is 2. The van der Waals surface area contributed by atoms with Gasteiger partial charge in [-0.1, -0.05) is 0 Å². The Balaban J connectivity index is 1.43. The van der Waals surface area contributed by atoms with Crippen LogP contribution in [0.2, 0.25) is 0 Å². The Kier molecular flexibility index (Phi) is 4.57. The molecule has 2 aliphatic carbocycles. The second-order valence-corrected chi connectivity index (χ2v) is 9.34. The maximum absolute atomic E-state index is 13.8. The molecular weight excluding hydrogens is 466 g/mol. The molecule has 1 amide bonds. The Morgan fingerprint density at radius 1 is 1.06 bits per heavy atom. The summed E-state index contributed by atoms with van der Waals surface area (Å²) in [6, 6.07) is 3.50. The summed E-state index contributed by atoms with van der Waals surface area (Å²) in [7, 11) is 5.89. The number of amides is 1. The molecule has 2 aromatic heterocycles. The van der Waals surface area contributed by atoms with Crippen LogP contribution in [-0.2, 0) is 10.2 Å². The SMILES string of the molecule is COC(=O)c1c(C)[nH]c2c1[C@]13C[C@H]1CN(C(=O)c1cc4cc(OC)c(OC)c(OC)c4[nH]1)C3=CC2=O. The number of aryl methyl sites for hydroxylation is 1. The summed E-state index contributed by atoms with van der Waals surface area (Å²) in [4.78, 5) is 47.4. The van der Waals surface area contributed by atoms with E-state index in [9.17, 15) is 14.4 Å². The number of benzene rings is 1. The fraction of sp³-hybridized carbons (Fsp3) is 0.346. The van der Waals surface area contributed by atoms with Gasteiger partial charge in [0.25, 0.3) is 5.91 Å². The van der Waals surface area contributed by atoms with Crippen LogP contribution in [-0.4, -0.2) is 67.5 Å². The van der Waals surface area contributed by atoms with Gasteiger partial charge in [-0.25, -0.2) is 4.79 Å². The molecule has 0 radical (unpaired) electrons. The molecule has 1 spiro atoms. The number of carbonyl (C=O) groups excluding carboxylic acids is 3. The van der Waals surface area contributed by atoms with Gasteiger partial charge < -0.3 is 33.8 Å². The van der Waals surface area contributed by atoms with Gasteiger partial charge in [-0.3, -0.25) is 9.59 Å². The van der Waals surface area contributed by atoms with E-state index in [1.807, 2.05) is 0 Å². The summed E-state index contributed by atoms with van der Waals surface area (Å²) in [6.45, 7) is 2.20. The number of methoxy groups -OCH3 is 4. The molecule has 6 rings (SSSR count). The van der Waals surface area contributed by atoms with Gasteiger partial charge >= 0.3 is 5.97 Å². The van der Waals surface area contributed by atoms with Crippen molar-refractivity contribution in [2.45, 2.75) is 18.8 Å². The Bertz CT molecular complexity index is 1530. The number of hydrogen-bond acceptors (Lipinski definition) is 7. The maximum Gasteiger partial charge on any atom is 0.340 e. The van der Waals surface area contributed by atoms with Crippen LogP contribution in [0.4, 0.5) is 0 Å². The van der Waals surface area contributed by atoms with Crippen molar-refractivity contribution in [1.29, 1.82) is 0 Å². The highest BCUT2D eigenvalue weighted by Gasteiger charge is 2.69. The molecule has 36 heavy (non-hydrogen) atoms. The first-order valence-corrected chi connectivity index (χ1v) is 11.5. The standard InChI is InChI=1S/C26H25N3O7/c1-11-18(25(32)36-5)19-21(27-11)15(30)8-17-26(19)9-13(26)10-29(17)24(31)14-6-12-7-16(33-2)22(34-3)23(35-4)20(12)28-14/h6-8,13,27-28H,9-10H2,1-5H3/t13-,26+/m0/s1. The number of ether oxygens (including phenoxy) is 4. The zero-order valence-corrected chi connectivity index (χ0v) is 20.5. The van der Waals surface area contributed by atoms with Gasteiger partial charge in [0.05, 0.1) is 45.2 Å². The highest BCUT2D eigenvalue weighted by molar-refractivity contribution is 6.12. The number of H-pyrrole nitrogens is 2. The van der Waals surface area contributed by atoms with Crippen molar-refractivity contribution in [3.8, 4) is 17.2 Å². The van der Waals surface area contributed by atoms with Crippen LogP contribution >= 0.6 is 0 Å². The average molecular weight is 492 g/mol. The summed E-state index contributed by atoms with van der Waals surface area (Å²) in [5.41, 5.74) is 3.05. The summed E-state index contributed by atoms with van der Waals surface area (Å²) >= 11 is 0. The van der Waals surface area contributed by atoms with Crippen molar-refractivity contribution in [2.75, 3.05) is 35.0 Å². The monoisotopic (exact) mass is 491 g/mol. The van der Waals surface area contributed by atoms with Crippen LogP contribution in [0.5, 0.6) is 17.2 Å². The molecule has 2 fully saturated rings. The summed E-state index contributed by atoms with van der Waals surface area (Å²) in [6.07, 6.45) is 2.29. The number of fused-ring (bicyclic) bond motifs is 2. The predicted molar refractivity (Wildman–Crippen MR) is 128 cm³/mol. The molecule has 2 N–H and O–H groups in total. The smallest absolute Gasteiger partial charge is 0.340 e. The average Bonchev–Trinajstić information content (AvgIpc) is 3.14. The van der Waals surface area contributed by atoms with E-state index < -0.39 is 11.4 Å². The fourth-order valence-corrected chi connectivity index (χ4v) is 6.07. The zero-order chi connectivity index (χ0) is 25.5. The molecule has 1 saturated carbocycles. The van der Waals surface area contributed by atoms with Crippen molar-refractivity contribution < 1.29 is 33.3 Å². The lowest BCUT2D eigenvalue weighted by Gasteiger charge is -2.28.